The second kappa shape index (κ2) is 9.23. The molecule has 0 aromatic heterocycles. The first kappa shape index (κ1) is 19.0. The second-order valence-corrected chi connectivity index (χ2v) is 5.65. The quantitative estimate of drug-likeness (QED) is 0.592. The molecule has 0 bridgehead atoms. The first-order valence-electron chi connectivity index (χ1n) is 8.06. The van der Waals surface area contributed by atoms with E-state index in [0.29, 0.717) is 6.54 Å². The fourth-order valence-corrected chi connectivity index (χ4v) is 2.27. The summed E-state index contributed by atoms with van der Waals surface area (Å²) in [6.45, 7) is 2.22. The lowest BCUT2D eigenvalue weighted by Crippen LogP contribution is -2.28. The highest BCUT2D eigenvalue weighted by atomic mass is 19.1. The van der Waals surface area contributed by atoms with Gasteiger partial charge in [-0.25, -0.2) is 4.39 Å². The number of nitrogens with zero attached hydrogens (tertiary/aromatic N) is 1. The van der Waals surface area contributed by atoms with Crippen LogP contribution >= 0.6 is 0 Å². The third kappa shape index (κ3) is 5.35. The van der Waals surface area contributed by atoms with E-state index in [4.69, 9.17) is 4.74 Å². The molecule has 2 rings (SSSR count). The summed E-state index contributed by atoms with van der Waals surface area (Å²) >= 11 is 0. The minimum absolute atomic E-state index is 0.0347. The van der Waals surface area contributed by atoms with Crippen molar-refractivity contribution in [2.45, 2.75) is 19.5 Å². The molecule has 0 aliphatic carbocycles. The number of carbonyl (C=O) groups excluding carboxylic acids is 1. The third-order valence-electron chi connectivity index (χ3n) is 3.79. The zero-order valence-corrected chi connectivity index (χ0v) is 14.6. The van der Waals surface area contributed by atoms with Crippen LogP contribution in [0.3, 0.4) is 0 Å². The van der Waals surface area contributed by atoms with E-state index in [0.717, 1.165) is 16.9 Å². The van der Waals surface area contributed by atoms with Gasteiger partial charge < -0.3 is 15.4 Å². The molecule has 2 N–H and O–H groups in total. The number of methoxy groups -OCH3 is 1. The molecule has 5 nitrogen and oxygen atoms in total. The first-order chi connectivity index (χ1) is 12.5. The minimum Gasteiger partial charge on any atom is -0.497 e. The number of benzene rings is 2. The Balaban J connectivity index is 1.94. The summed E-state index contributed by atoms with van der Waals surface area (Å²) in [4.78, 5) is 12.3. The number of nitriles is 1. The van der Waals surface area contributed by atoms with E-state index < -0.39 is 5.91 Å². The van der Waals surface area contributed by atoms with Crippen molar-refractivity contribution < 1.29 is 13.9 Å². The predicted molar refractivity (Wildman–Crippen MR) is 96.5 cm³/mol. The standard InChI is InChI=1S/C20H20FN3O2/c1-14(16-5-9-19(26-2)10-6-16)24-20(25)17(11-22)13-23-12-15-3-7-18(21)8-4-15/h3-10,13-14,23H,12H2,1-2H3,(H,24,25)/b17-13-. The van der Waals surface area contributed by atoms with Crippen molar-refractivity contribution in [3.05, 3.63) is 77.2 Å². The molecule has 1 atom stereocenters. The molecular weight excluding hydrogens is 333 g/mol. The summed E-state index contributed by atoms with van der Waals surface area (Å²) in [7, 11) is 1.59. The van der Waals surface area contributed by atoms with E-state index in [9.17, 15) is 14.4 Å². The Bertz CT molecular complexity index is 808. The van der Waals surface area contributed by atoms with Crippen LogP contribution in [0.15, 0.2) is 60.3 Å². The van der Waals surface area contributed by atoms with Gasteiger partial charge in [-0.1, -0.05) is 24.3 Å². The number of ether oxygens (including phenoxy) is 1. The van der Waals surface area contributed by atoms with Gasteiger partial charge in [0.15, 0.2) is 0 Å². The zero-order chi connectivity index (χ0) is 18.9. The van der Waals surface area contributed by atoms with Gasteiger partial charge in [0.2, 0.25) is 0 Å². The van der Waals surface area contributed by atoms with Crippen molar-refractivity contribution in [3.8, 4) is 11.8 Å². The van der Waals surface area contributed by atoms with Crippen molar-refractivity contribution in [3.63, 3.8) is 0 Å². The molecule has 0 heterocycles. The summed E-state index contributed by atoms with van der Waals surface area (Å²) in [6, 6.07) is 14.9. The van der Waals surface area contributed by atoms with E-state index in [-0.39, 0.29) is 17.4 Å². The molecule has 0 radical (unpaired) electrons. The predicted octanol–water partition coefficient (Wildman–Crippen LogP) is 3.21. The van der Waals surface area contributed by atoms with Crippen LogP contribution in [0.5, 0.6) is 5.75 Å². The molecule has 0 fully saturated rings. The zero-order valence-electron chi connectivity index (χ0n) is 14.6. The SMILES string of the molecule is COc1ccc(C(C)NC(=O)/C(C#N)=C\NCc2ccc(F)cc2)cc1. The van der Waals surface area contributed by atoms with Gasteiger partial charge in [-0.05, 0) is 42.3 Å². The Morgan fingerprint density at radius 2 is 1.88 bits per heavy atom. The molecule has 0 saturated heterocycles. The lowest BCUT2D eigenvalue weighted by Gasteiger charge is -2.14. The van der Waals surface area contributed by atoms with Crippen molar-refractivity contribution in [1.29, 1.82) is 5.26 Å². The minimum atomic E-state index is -0.470. The maximum Gasteiger partial charge on any atom is 0.263 e. The normalized spacial score (nSPS) is 12.0. The van der Waals surface area contributed by atoms with Crippen molar-refractivity contribution >= 4 is 5.91 Å². The van der Waals surface area contributed by atoms with E-state index in [1.165, 1.54) is 18.3 Å². The average Bonchev–Trinajstić information content (AvgIpc) is 2.66. The second-order valence-electron chi connectivity index (χ2n) is 5.65. The Kier molecular flexibility index (Phi) is 6.75. The number of carbonyl (C=O) groups is 1. The van der Waals surface area contributed by atoms with Crippen LogP contribution in [0.25, 0.3) is 0 Å². The van der Waals surface area contributed by atoms with E-state index in [2.05, 4.69) is 10.6 Å². The largest absolute Gasteiger partial charge is 0.497 e. The topological polar surface area (TPSA) is 74.1 Å². The lowest BCUT2D eigenvalue weighted by atomic mass is 10.1. The van der Waals surface area contributed by atoms with Gasteiger partial charge in [-0.15, -0.1) is 0 Å². The number of nitrogens with one attached hydrogen (secondary N) is 2. The van der Waals surface area contributed by atoms with Gasteiger partial charge in [-0.2, -0.15) is 5.26 Å². The monoisotopic (exact) mass is 353 g/mol. The molecular formula is C20H20FN3O2. The van der Waals surface area contributed by atoms with Crippen LogP contribution < -0.4 is 15.4 Å². The van der Waals surface area contributed by atoms with Crippen LogP contribution in [-0.4, -0.2) is 13.0 Å². The van der Waals surface area contributed by atoms with Crippen LogP contribution in [0.2, 0.25) is 0 Å². The maximum absolute atomic E-state index is 12.9. The van der Waals surface area contributed by atoms with Crippen LogP contribution in [0.4, 0.5) is 4.39 Å². The molecule has 0 aliphatic heterocycles. The van der Waals surface area contributed by atoms with Gasteiger partial charge >= 0.3 is 0 Å². The van der Waals surface area contributed by atoms with Crippen LogP contribution in [-0.2, 0) is 11.3 Å². The van der Waals surface area contributed by atoms with E-state index in [1.54, 1.807) is 19.2 Å². The number of halogens is 1. The smallest absolute Gasteiger partial charge is 0.263 e. The molecule has 0 spiro atoms. The van der Waals surface area contributed by atoms with Crippen molar-refractivity contribution in [2.75, 3.05) is 7.11 Å². The molecule has 2 aromatic carbocycles. The van der Waals surface area contributed by atoms with Gasteiger partial charge in [0, 0.05) is 12.7 Å². The van der Waals surface area contributed by atoms with E-state index >= 15 is 0 Å². The Hall–Kier alpha value is -3.33. The summed E-state index contributed by atoms with van der Waals surface area (Å²) in [5.74, 6) is -0.0498. The van der Waals surface area contributed by atoms with Gasteiger partial charge in [0.25, 0.3) is 5.91 Å². The Labute approximate surface area is 152 Å². The Morgan fingerprint density at radius 3 is 2.46 bits per heavy atom. The average molecular weight is 353 g/mol. The van der Waals surface area contributed by atoms with Crippen molar-refractivity contribution in [1.82, 2.24) is 10.6 Å². The summed E-state index contributed by atoms with van der Waals surface area (Å²) in [6.07, 6.45) is 1.36. The fraction of sp³-hybridized carbons (Fsp3) is 0.200. The van der Waals surface area contributed by atoms with Gasteiger partial charge in [0.1, 0.15) is 23.2 Å². The molecule has 0 aliphatic rings. The van der Waals surface area contributed by atoms with Crippen LogP contribution in [0.1, 0.15) is 24.1 Å². The number of hydrogen-bond acceptors (Lipinski definition) is 4. The summed E-state index contributed by atoms with van der Waals surface area (Å²) in [5, 5.41) is 14.9. The highest BCUT2D eigenvalue weighted by Crippen LogP contribution is 2.17. The number of amides is 1. The molecule has 2 aromatic rings. The number of rotatable bonds is 7. The summed E-state index contributed by atoms with van der Waals surface area (Å²) in [5.41, 5.74) is 1.70. The fourth-order valence-electron chi connectivity index (χ4n) is 2.27. The molecule has 1 amide bonds. The van der Waals surface area contributed by atoms with Gasteiger partial charge in [0.05, 0.1) is 13.2 Å². The highest BCUT2D eigenvalue weighted by Gasteiger charge is 2.13. The molecule has 6 heteroatoms. The molecule has 26 heavy (non-hydrogen) atoms. The summed E-state index contributed by atoms with van der Waals surface area (Å²) < 4.78 is 18.0. The van der Waals surface area contributed by atoms with Gasteiger partial charge in [-0.3, -0.25) is 4.79 Å². The maximum atomic E-state index is 12.9. The van der Waals surface area contributed by atoms with Crippen LogP contribution in [0, 0.1) is 17.1 Å². The Morgan fingerprint density at radius 1 is 1.23 bits per heavy atom. The third-order valence-corrected chi connectivity index (χ3v) is 3.79. The van der Waals surface area contributed by atoms with Crippen molar-refractivity contribution in [2.24, 2.45) is 0 Å². The molecule has 1 unspecified atom stereocenters. The highest BCUT2D eigenvalue weighted by molar-refractivity contribution is 5.97. The molecule has 134 valence electrons. The van der Waals surface area contributed by atoms with E-state index in [1.807, 2.05) is 37.3 Å². The lowest BCUT2D eigenvalue weighted by molar-refractivity contribution is -0.117. The number of hydrogen-bond donors (Lipinski definition) is 2. The molecule has 0 saturated carbocycles. The first-order valence-corrected chi connectivity index (χ1v) is 8.06.